The van der Waals surface area contributed by atoms with Crippen LogP contribution in [0.15, 0.2) is 53.5 Å². The van der Waals surface area contributed by atoms with Crippen LogP contribution >= 0.6 is 0 Å². The molecule has 0 unspecified atom stereocenters. The molecule has 2 heteroatoms. The van der Waals surface area contributed by atoms with Gasteiger partial charge < -0.3 is 0 Å². The first kappa shape index (κ1) is 15.7. The highest BCUT2D eigenvalue weighted by molar-refractivity contribution is 6.16. The van der Waals surface area contributed by atoms with Crippen molar-refractivity contribution in [1.29, 1.82) is 0 Å². The number of rotatable bonds is 4. The molecular formula is C21H23NO. The van der Waals surface area contributed by atoms with Crippen molar-refractivity contribution >= 4 is 11.5 Å². The summed E-state index contributed by atoms with van der Waals surface area (Å²) in [7, 11) is 0. The summed E-state index contributed by atoms with van der Waals surface area (Å²) >= 11 is 0. The van der Waals surface area contributed by atoms with E-state index in [4.69, 9.17) is 4.99 Å². The van der Waals surface area contributed by atoms with Crippen molar-refractivity contribution < 1.29 is 4.79 Å². The molecule has 1 heterocycles. The quantitative estimate of drug-likeness (QED) is 0.756. The van der Waals surface area contributed by atoms with Crippen LogP contribution in [0.5, 0.6) is 0 Å². The maximum absolute atomic E-state index is 12.7. The van der Waals surface area contributed by atoms with Gasteiger partial charge in [-0.3, -0.25) is 9.79 Å². The third-order valence-electron chi connectivity index (χ3n) is 4.40. The summed E-state index contributed by atoms with van der Waals surface area (Å²) in [4.78, 5) is 17.5. The second-order valence-electron chi connectivity index (χ2n) is 6.86. The molecule has 0 aliphatic carbocycles. The predicted molar refractivity (Wildman–Crippen MR) is 95.5 cm³/mol. The van der Waals surface area contributed by atoms with Gasteiger partial charge in [-0.2, -0.15) is 0 Å². The van der Waals surface area contributed by atoms with E-state index in [0.29, 0.717) is 6.42 Å². The minimum atomic E-state index is -0.143. The van der Waals surface area contributed by atoms with E-state index in [1.165, 1.54) is 11.1 Å². The molecule has 0 radical (unpaired) electrons. The average Bonchev–Trinajstić information content (AvgIpc) is 2.54. The van der Waals surface area contributed by atoms with E-state index >= 15 is 0 Å². The summed E-state index contributed by atoms with van der Waals surface area (Å²) in [5.74, 6) is 0.138. The summed E-state index contributed by atoms with van der Waals surface area (Å²) in [5, 5.41) is 0. The fraction of sp³-hybridized carbons (Fsp3) is 0.333. The van der Waals surface area contributed by atoms with Gasteiger partial charge in [0.25, 0.3) is 0 Å². The predicted octanol–water partition coefficient (Wildman–Crippen LogP) is 4.65. The Balaban J connectivity index is 1.88. The van der Waals surface area contributed by atoms with Gasteiger partial charge in [0, 0.05) is 5.56 Å². The van der Waals surface area contributed by atoms with Crippen LogP contribution in [0.4, 0.5) is 0 Å². The molecule has 118 valence electrons. The summed E-state index contributed by atoms with van der Waals surface area (Å²) in [6.45, 7) is 6.37. The molecule has 1 aliphatic heterocycles. The molecule has 0 saturated heterocycles. The highest BCUT2D eigenvalue weighted by atomic mass is 16.1. The smallest absolute Gasteiger partial charge is 0.168 e. The van der Waals surface area contributed by atoms with E-state index < -0.39 is 0 Å². The highest BCUT2D eigenvalue weighted by Crippen LogP contribution is 2.28. The van der Waals surface area contributed by atoms with Gasteiger partial charge in [0.15, 0.2) is 5.78 Å². The average molecular weight is 305 g/mol. The Bertz CT molecular complexity index is 754. The maximum Gasteiger partial charge on any atom is 0.168 e. The molecule has 23 heavy (non-hydrogen) atoms. The van der Waals surface area contributed by atoms with Crippen LogP contribution in [0, 0.1) is 0 Å². The van der Waals surface area contributed by atoms with Gasteiger partial charge in [-0.15, -0.1) is 0 Å². The summed E-state index contributed by atoms with van der Waals surface area (Å²) < 4.78 is 0. The molecule has 0 bridgehead atoms. The fourth-order valence-corrected chi connectivity index (χ4v) is 3.20. The lowest BCUT2D eigenvalue weighted by Crippen LogP contribution is -2.29. The standard InChI is InChI=1S/C21H23NO/c1-4-15-9-11-16(12-10-15)20(23)13-19-18-8-6-5-7-17(18)14-21(2,3)22-19/h5-12H,4,13-14H2,1-3H3. The molecule has 0 N–H and O–H groups in total. The first-order valence-electron chi connectivity index (χ1n) is 8.27. The zero-order valence-electron chi connectivity index (χ0n) is 14.1. The molecule has 0 fully saturated rings. The molecule has 2 nitrogen and oxygen atoms in total. The topological polar surface area (TPSA) is 29.4 Å². The van der Waals surface area contributed by atoms with Crippen molar-refractivity contribution in [3.05, 3.63) is 70.8 Å². The Morgan fingerprint density at radius 2 is 1.78 bits per heavy atom. The lowest BCUT2D eigenvalue weighted by Gasteiger charge is -2.29. The molecule has 0 spiro atoms. The number of Topliss-reactive ketones (excluding diaryl/α,β-unsaturated/α-hetero) is 1. The molecule has 0 amide bonds. The third kappa shape index (κ3) is 3.42. The van der Waals surface area contributed by atoms with Gasteiger partial charge >= 0.3 is 0 Å². The van der Waals surface area contributed by atoms with E-state index in [-0.39, 0.29) is 11.3 Å². The largest absolute Gasteiger partial charge is 0.294 e. The number of carbonyl (C=O) groups excluding carboxylic acids is 1. The Hall–Kier alpha value is -2.22. The van der Waals surface area contributed by atoms with Crippen LogP contribution in [0.1, 0.15) is 54.2 Å². The number of fused-ring (bicyclic) bond motifs is 1. The molecule has 3 rings (SSSR count). The van der Waals surface area contributed by atoms with Crippen molar-refractivity contribution in [1.82, 2.24) is 0 Å². The molecular weight excluding hydrogens is 282 g/mol. The minimum Gasteiger partial charge on any atom is -0.294 e. The summed E-state index contributed by atoms with van der Waals surface area (Å²) in [6.07, 6.45) is 2.28. The van der Waals surface area contributed by atoms with E-state index in [0.717, 1.165) is 29.7 Å². The van der Waals surface area contributed by atoms with E-state index in [1.807, 2.05) is 30.3 Å². The maximum atomic E-state index is 12.7. The van der Waals surface area contributed by atoms with E-state index in [1.54, 1.807) is 0 Å². The minimum absolute atomic E-state index is 0.138. The number of aryl methyl sites for hydroxylation is 1. The van der Waals surface area contributed by atoms with Gasteiger partial charge in [-0.25, -0.2) is 0 Å². The zero-order chi connectivity index (χ0) is 16.4. The van der Waals surface area contributed by atoms with Crippen molar-refractivity contribution in [2.75, 3.05) is 0 Å². The number of hydrogen-bond donors (Lipinski definition) is 0. The fourth-order valence-electron chi connectivity index (χ4n) is 3.20. The van der Waals surface area contributed by atoms with E-state index in [9.17, 15) is 4.79 Å². The van der Waals surface area contributed by atoms with Gasteiger partial charge in [0.1, 0.15) is 0 Å². The Morgan fingerprint density at radius 3 is 2.48 bits per heavy atom. The molecule has 2 aromatic carbocycles. The normalized spacial score (nSPS) is 15.7. The molecule has 1 aliphatic rings. The second kappa shape index (κ2) is 6.11. The molecule has 0 atom stereocenters. The van der Waals surface area contributed by atoms with Crippen LogP contribution in [0.3, 0.4) is 0 Å². The van der Waals surface area contributed by atoms with Crippen LogP contribution in [0.25, 0.3) is 0 Å². The summed E-state index contributed by atoms with van der Waals surface area (Å²) in [5.41, 5.74) is 5.22. The molecule has 0 aromatic heterocycles. The first-order valence-corrected chi connectivity index (χ1v) is 8.27. The zero-order valence-corrected chi connectivity index (χ0v) is 14.1. The Morgan fingerprint density at radius 1 is 1.09 bits per heavy atom. The van der Waals surface area contributed by atoms with Crippen LogP contribution < -0.4 is 0 Å². The number of carbonyl (C=O) groups is 1. The number of nitrogens with zero attached hydrogens (tertiary/aromatic N) is 1. The van der Waals surface area contributed by atoms with Crippen LogP contribution in [-0.2, 0) is 12.8 Å². The van der Waals surface area contributed by atoms with Gasteiger partial charge in [0.2, 0.25) is 0 Å². The second-order valence-corrected chi connectivity index (χ2v) is 6.86. The summed E-state index contributed by atoms with van der Waals surface area (Å²) in [6, 6.07) is 16.2. The number of ketones is 1. The van der Waals surface area contributed by atoms with Crippen LogP contribution in [0.2, 0.25) is 0 Å². The van der Waals surface area contributed by atoms with Crippen molar-refractivity contribution in [2.45, 2.75) is 45.6 Å². The number of benzene rings is 2. The Kier molecular flexibility index (Phi) is 4.16. The van der Waals surface area contributed by atoms with Crippen molar-refractivity contribution in [2.24, 2.45) is 4.99 Å². The number of hydrogen-bond acceptors (Lipinski definition) is 2. The van der Waals surface area contributed by atoms with E-state index in [2.05, 4.69) is 39.0 Å². The number of aliphatic imine (C=N–C) groups is 1. The lowest BCUT2D eigenvalue weighted by atomic mass is 9.85. The van der Waals surface area contributed by atoms with Gasteiger partial charge in [0.05, 0.1) is 17.7 Å². The third-order valence-corrected chi connectivity index (χ3v) is 4.40. The molecule has 2 aromatic rings. The van der Waals surface area contributed by atoms with Gasteiger partial charge in [-0.1, -0.05) is 55.5 Å². The van der Waals surface area contributed by atoms with Crippen molar-refractivity contribution in [3.63, 3.8) is 0 Å². The van der Waals surface area contributed by atoms with Crippen molar-refractivity contribution in [3.8, 4) is 0 Å². The van der Waals surface area contributed by atoms with Gasteiger partial charge in [-0.05, 0) is 43.4 Å². The monoisotopic (exact) mass is 305 g/mol. The Labute approximate surface area is 138 Å². The highest BCUT2D eigenvalue weighted by Gasteiger charge is 2.27. The van der Waals surface area contributed by atoms with Crippen LogP contribution in [-0.4, -0.2) is 17.0 Å². The SMILES string of the molecule is CCc1ccc(C(=O)CC2=NC(C)(C)Cc3ccccc32)cc1. The first-order chi connectivity index (χ1) is 11.0. The molecule has 0 saturated carbocycles. The lowest BCUT2D eigenvalue weighted by molar-refractivity contribution is 0.100.